The molecule has 4 rings (SSSR count). The Balaban J connectivity index is 1.52. The quantitative estimate of drug-likeness (QED) is 0.661. The Bertz CT molecular complexity index is 991. The molecular formula is C20H22BrN5O2. The fraction of sp³-hybridized carbons (Fsp3) is 0.350. The number of nitrogens with zero attached hydrogens (tertiary/aromatic N) is 4. The number of rotatable bonds is 3. The van der Waals surface area contributed by atoms with Gasteiger partial charge >= 0.3 is 6.09 Å². The molecule has 3 aromatic rings. The predicted molar refractivity (Wildman–Crippen MR) is 110 cm³/mol. The van der Waals surface area contributed by atoms with Crippen LogP contribution in [0, 0.1) is 0 Å². The van der Waals surface area contributed by atoms with Crippen LogP contribution in [0.15, 0.2) is 47.3 Å². The van der Waals surface area contributed by atoms with Gasteiger partial charge in [-0.15, -0.1) is 0 Å². The summed E-state index contributed by atoms with van der Waals surface area (Å²) in [6, 6.07) is 9.83. The van der Waals surface area contributed by atoms with E-state index in [0.717, 1.165) is 29.7 Å². The highest BCUT2D eigenvalue weighted by atomic mass is 79.9. The highest BCUT2D eigenvalue weighted by molar-refractivity contribution is 9.10. The fourth-order valence-electron chi connectivity index (χ4n) is 3.71. The Morgan fingerprint density at radius 1 is 1.32 bits per heavy atom. The molecule has 0 aliphatic carbocycles. The van der Waals surface area contributed by atoms with Gasteiger partial charge in [-0.2, -0.15) is 0 Å². The van der Waals surface area contributed by atoms with E-state index < -0.39 is 0 Å². The third-order valence-corrected chi connectivity index (χ3v) is 5.81. The third kappa shape index (κ3) is 3.56. The van der Waals surface area contributed by atoms with Gasteiger partial charge in [-0.05, 0) is 41.3 Å². The average Bonchev–Trinajstić information content (AvgIpc) is 3.05. The smallest absolute Gasteiger partial charge is 0.410 e. The van der Waals surface area contributed by atoms with Gasteiger partial charge in [0.15, 0.2) is 5.82 Å². The molecule has 0 bridgehead atoms. The first-order valence-corrected chi connectivity index (χ1v) is 10.1. The second-order valence-corrected chi connectivity index (χ2v) is 7.86. The summed E-state index contributed by atoms with van der Waals surface area (Å²) in [4.78, 5) is 23.3. The highest BCUT2D eigenvalue weighted by Gasteiger charge is 2.33. The minimum absolute atomic E-state index is 0.0982. The standard InChI is InChI=1S/C20H22BrN5O2/c1-13-7-8-15(19-24-17(21)16-18(22)23-9-10-25(16)19)11-26(13)20(27)28-12-14-5-3-2-4-6-14/h2-6,9-10,13,15H,7-8,11-12H2,1H3,(H2,22,23)/t13-,15-/m1/s1. The number of hydrogen-bond acceptors (Lipinski definition) is 5. The van der Waals surface area contributed by atoms with E-state index in [1.165, 1.54) is 0 Å². The van der Waals surface area contributed by atoms with Crippen molar-refractivity contribution in [2.45, 2.75) is 38.3 Å². The minimum Gasteiger partial charge on any atom is -0.445 e. The molecule has 0 radical (unpaired) electrons. The van der Waals surface area contributed by atoms with Crippen LogP contribution in [-0.4, -0.2) is 37.9 Å². The van der Waals surface area contributed by atoms with Crippen molar-refractivity contribution in [1.29, 1.82) is 0 Å². The number of benzene rings is 1. The van der Waals surface area contributed by atoms with E-state index in [4.69, 9.17) is 10.5 Å². The molecular weight excluding hydrogens is 422 g/mol. The maximum absolute atomic E-state index is 12.7. The zero-order valence-electron chi connectivity index (χ0n) is 15.6. The molecule has 1 amide bonds. The number of ether oxygens (including phenoxy) is 1. The van der Waals surface area contributed by atoms with E-state index in [1.807, 2.05) is 40.9 Å². The first-order valence-electron chi connectivity index (χ1n) is 9.30. The van der Waals surface area contributed by atoms with Gasteiger partial charge in [0, 0.05) is 30.9 Å². The molecule has 1 fully saturated rings. The van der Waals surface area contributed by atoms with Gasteiger partial charge < -0.3 is 15.4 Å². The topological polar surface area (TPSA) is 85.8 Å². The number of piperidine rings is 1. The minimum atomic E-state index is -0.290. The number of fused-ring (bicyclic) bond motifs is 1. The number of anilines is 1. The zero-order chi connectivity index (χ0) is 19.7. The normalized spacial score (nSPS) is 19.7. The van der Waals surface area contributed by atoms with E-state index in [9.17, 15) is 4.79 Å². The zero-order valence-corrected chi connectivity index (χ0v) is 17.2. The van der Waals surface area contributed by atoms with Crippen LogP contribution < -0.4 is 5.73 Å². The number of carbonyl (C=O) groups is 1. The van der Waals surface area contributed by atoms with Gasteiger partial charge in [0.1, 0.15) is 22.6 Å². The van der Waals surface area contributed by atoms with E-state index in [0.29, 0.717) is 17.0 Å². The van der Waals surface area contributed by atoms with Gasteiger partial charge in [-0.3, -0.25) is 4.40 Å². The largest absolute Gasteiger partial charge is 0.445 e. The van der Waals surface area contributed by atoms with Crippen molar-refractivity contribution in [3.63, 3.8) is 0 Å². The fourth-order valence-corrected chi connectivity index (χ4v) is 4.28. The number of aromatic nitrogens is 3. The lowest BCUT2D eigenvalue weighted by atomic mass is 9.93. The number of amides is 1. The summed E-state index contributed by atoms with van der Waals surface area (Å²) in [5, 5.41) is 0. The lowest BCUT2D eigenvalue weighted by molar-refractivity contribution is 0.0667. The molecule has 0 unspecified atom stereocenters. The summed E-state index contributed by atoms with van der Waals surface area (Å²) in [6.07, 6.45) is 5.06. The molecule has 2 N–H and O–H groups in total. The van der Waals surface area contributed by atoms with Crippen LogP contribution in [-0.2, 0) is 11.3 Å². The number of hydrogen-bond donors (Lipinski definition) is 1. The summed E-state index contributed by atoms with van der Waals surface area (Å²) < 4.78 is 8.18. The molecule has 2 atom stereocenters. The predicted octanol–water partition coefficient (Wildman–Crippen LogP) is 3.98. The van der Waals surface area contributed by atoms with Crippen LogP contribution in [0.1, 0.15) is 37.1 Å². The van der Waals surface area contributed by atoms with Crippen molar-refractivity contribution in [3.8, 4) is 0 Å². The number of imidazole rings is 1. The van der Waals surface area contributed by atoms with Crippen LogP contribution in [0.25, 0.3) is 5.52 Å². The Hall–Kier alpha value is -2.61. The van der Waals surface area contributed by atoms with Crippen molar-refractivity contribution in [1.82, 2.24) is 19.3 Å². The summed E-state index contributed by atoms with van der Waals surface area (Å²) in [6.45, 7) is 2.89. The number of carbonyl (C=O) groups excluding carboxylic acids is 1. The van der Waals surface area contributed by atoms with E-state index in [1.54, 1.807) is 11.1 Å². The molecule has 3 heterocycles. The molecule has 0 saturated carbocycles. The van der Waals surface area contributed by atoms with Gasteiger partial charge in [-0.1, -0.05) is 30.3 Å². The van der Waals surface area contributed by atoms with Crippen molar-refractivity contribution < 1.29 is 9.53 Å². The lowest BCUT2D eigenvalue weighted by Crippen LogP contribution is -2.45. The summed E-state index contributed by atoms with van der Waals surface area (Å²) >= 11 is 3.48. The molecule has 2 aromatic heterocycles. The number of likely N-dealkylation sites (tertiary alicyclic amines) is 1. The number of nitrogens with two attached hydrogens (primary N) is 1. The van der Waals surface area contributed by atoms with E-state index in [2.05, 4.69) is 32.8 Å². The Morgan fingerprint density at radius 3 is 2.89 bits per heavy atom. The van der Waals surface area contributed by atoms with Gasteiger partial charge in [0.25, 0.3) is 0 Å². The van der Waals surface area contributed by atoms with E-state index in [-0.39, 0.29) is 24.7 Å². The van der Waals surface area contributed by atoms with Gasteiger partial charge in [0.2, 0.25) is 0 Å². The third-order valence-electron chi connectivity index (χ3n) is 5.25. The number of nitrogen functional groups attached to an aromatic ring is 1. The van der Waals surface area contributed by atoms with Crippen LogP contribution in [0.4, 0.5) is 10.6 Å². The Kier molecular flexibility index (Phi) is 5.21. The maximum Gasteiger partial charge on any atom is 0.410 e. The summed E-state index contributed by atoms with van der Waals surface area (Å²) in [7, 11) is 0. The molecule has 1 aromatic carbocycles. The summed E-state index contributed by atoms with van der Waals surface area (Å²) in [5.74, 6) is 1.40. The first-order chi connectivity index (χ1) is 13.5. The van der Waals surface area contributed by atoms with E-state index >= 15 is 0 Å². The highest BCUT2D eigenvalue weighted by Crippen LogP contribution is 2.33. The van der Waals surface area contributed by atoms with Crippen molar-refractivity contribution >= 4 is 33.4 Å². The van der Waals surface area contributed by atoms with Crippen LogP contribution in [0.2, 0.25) is 0 Å². The average molecular weight is 444 g/mol. The van der Waals surface area contributed by atoms with Crippen molar-refractivity contribution in [2.24, 2.45) is 0 Å². The summed E-state index contributed by atoms with van der Waals surface area (Å²) in [5.41, 5.74) is 7.74. The lowest BCUT2D eigenvalue weighted by Gasteiger charge is -2.36. The Labute approximate surface area is 171 Å². The molecule has 1 aliphatic heterocycles. The van der Waals surface area contributed by atoms with Crippen LogP contribution in [0.5, 0.6) is 0 Å². The maximum atomic E-state index is 12.7. The SMILES string of the molecule is C[C@@H]1CC[C@@H](c2nc(Br)c3c(N)nccn23)CN1C(=O)OCc1ccccc1. The molecule has 28 heavy (non-hydrogen) atoms. The second-order valence-electron chi connectivity index (χ2n) is 7.11. The molecule has 7 nitrogen and oxygen atoms in total. The van der Waals surface area contributed by atoms with Crippen LogP contribution in [0.3, 0.4) is 0 Å². The molecule has 0 spiro atoms. The Morgan fingerprint density at radius 2 is 2.11 bits per heavy atom. The molecule has 1 saturated heterocycles. The van der Waals surface area contributed by atoms with Gasteiger partial charge in [0.05, 0.1) is 0 Å². The van der Waals surface area contributed by atoms with Gasteiger partial charge in [-0.25, -0.2) is 14.8 Å². The first kappa shape index (κ1) is 18.7. The molecule has 146 valence electrons. The second kappa shape index (κ2) is 7.79. The molecule has 1 aliphatic rings. The van der Waals surface area contributed by atoms with Crippen molar-refractivity contribution in [3.05, 3.63) is 58.7 Å². The monoisotopic (exact) mass is 443 g/mol. The van der Waals surface area contributed by atoms with Crippen molar-refractivity contribution in [2.75, 3.05) is 12.3 Å². The number of halogens is 1. The molecule has 8 heteroatoms. The van der Waals surface area contributed by atoms with Crippen LogP contribution >= 0.6 is 15.9 Å².